The third-order valence-electron chi connectivity index (χ3n) is 10.8. The van der Waals surface area contributed by atoms with Crippen LogP contribution in [0, 0.1) is 5.92 Å². The molecule has 4 atom stereocenters. The zero-order chi connectivity index (χ0) is 45.5. The van der Waals surface area contributed by atoms with Crippen LogP contribution in [0.2, 0.25) is 0 Å². The number of pyridine rings is 1. The van der Waals surface area contributed by atoms with Crippen molar-refractivity contribution < 1.29 is 51.7 Å². The molecule has 2 unspecified atom stereocenters. The van der Waals surface area contributed by atoms with Gasteiger partial charge in [0.15, 0.2) is 0 Å². The van der Waals surface area contributed by atoms with Gasteiger partial charge < -0.3 is 30.0 Å². The first-order chi connectivity index (χ1) is 29.9. The minimum Gasteiger partial charge on any atom is -0.497 e. The molecule has 1 saturated heterocycles. The molecule has 2 fully saturated rings. The number of unbranched alkanes of at least 4 members (excludes halogenated alkanes) is 3. The van der Waals surface area contributed by atoms with Crippen molar-refractivity contribution in [1.29, 1.82) is 0 Å². The summed E-state index contributed by atoms with van der Waals surface area (Å²) in [5.41, 5.74) is -0.633. The van der Waals surface area contributed by atoms with E-state index in [-0.39, 0.29) is 42.8 Å². The van der Waals surface area contributed by atoms with Gasteiger partial charge in [0.25, 0.3) is 15.9 Å². The molecule has 63 heavy (non-hydrogen) atoms. The number of methoxy groups -OCH3 is 1. The normalized spacial score (nSPS) is 19.4. The van der Waals surface area contributed by atoms with E-state index in [0.717, 1.165) is 5.56 Å². The van der Waals surface area contributed by atoms with Crippen LogP contribution in [0.3, 0.4) is 0 Å². The van der Waals surface area contributed by atoms with Gasteiger partial charge in [0.2, 0.25) is 11.8 Å². The van der Waals surface area contributed by atoms with Crippen LogP contribution < -0.4 is 24.8 Å². The lowest BCUT2D eigenvalue weighted by Gasteiger charge is -2.29. The Balaban J connectivity index is 1.20. The van der Waals surface area contributed by atoms with Crippen molar-refractivity contribution in [2.45, 2.75) is 100 Å². The highest BCUT2D eigenvalue weighted by Crippen LogP contribution is 2.45. The fraction of sp³-hybridized carbons (Fsp3) is 0.391. The SMILES string of the molecule is C=CC1CC1(NC(=O)[C@@H]1C[C@@H](Oc2cc(-c3ccccc3)nc3cc(OC)ccc23)CN1C(=O)OC(C)(C)C)C(=O)NS(=O)(=O)c1ccccc1NC(=O)CCCCCCC(=O)O. The molecule has 4 aromatic rings. The molecule has 0 bridgehead atoms. The van der Waals surface area contributed by atoms with Gasteiger partial charge in [-0.1, -0.05) is 61.4 Å². The molecule has 16 nitrogen and oxygen atoms in total. The number of rotatable bonds is 18. The Hall–Kier alpha value is -6.49. The van der Waals surface area contributed by atoms with Crippen LogP contribution in [0.25, 0.3) is 22.2 Å². The van der Waals surface area contributed by atoms with Gasteiger partial charge in [-0.15, -0.1) is 6.58 Å². The Kier molecular flexibility index (Phi) is 14.1. The maximum atomic E-state index is 14.4. The molecule has 1 aliphatic carbocycles. The summed E-state index contributed by atoms with van der Waals surface area (Å²) in [7, 11) is -3.06. The molecular weight excluding hydrogens is 831 g/mol. The van der Waals surface area contributed by atoms with E-state index in [0.29, 0.717) is 53.8 Å². The number of anilines is 1. The van der Waals surface area contributed by atoms with Crippen molar-refractivity contribution in [3.63, 3.8) is 0 Å². The summed E-state index contributed by atoms with van der Waals surface area (Å²) in [6.07, 6.45) is 2.27. The van der Waals surface area contributed by atoms with Gasteiger partial charge in [-0.25, -0.2) is 22.9 Å². The minimum absolute atomic E-state index is 0.00409. The van der Waals surface area contributed by atoms with Crippen molar-refractivity contribution in [3.8, 4) is 22.8 Å². The molecular formula is C46H53N5O11S. The highest BCUT2D eigenvalue weighted by molar-refractivity contribution is 7.90. The van der Waals surface area contributed by atoms with Gasteiger partial charge >= 0.3 is 12.1 Å². The number of ether oxygens (including phenoxy) is 3. The average Bonchev–Trinajstić information content (AvgIpc) is 3.79. The second-order valence-electron chi connectivity index (χ2n) is 16.7. The number of carboxylic acids is 1. The van der Waals surface area contributed by atoms with E-state index < -0.39 is 69.0 Å². The summed E-state index contributed by atoms with van der Waals surface area (Å²) in [5, 5.41) is 14.8. The van der Waals surface area contributed by atoms with Gasteiger partial charge in [-0.3, -0.25) is 24.1 Å². The summed E-state index contributed by atoms with van der Waals surface area (Å²) in [5.74, 6) is -2.70. The third-order valence-corrected chi connectivity index (χ3v) is 12.2. The van der Waals surface area contributed by atoms with E-state index in [2.05, 4.69) is 21.9 Å². The number of hydrogen-bond donors (Lipinski definition) is 4. The van der Waals surface area contributed by atoms with Crippen molar-refractivity contribution >= 4 is 56.4 Å². The zero-order valence-electron chi connectivity index (χ0n) is 35.7. The summed E-state index contributed by atoms with van der Waals surface area (Å²) in [6.45, 7) is 8.82. The topological polar surface area (TPSA) is 220 Å². The lowest BCUT2D eigenvalue weighted by Crippen LogP contribution is -2.56. The van der Waals surface area contributed by atoms with Crippen LogP contribution in [-0.4, -0.2) is 90.1 Å². The average molecular weight is 884 g/mol. The summed E-state index contributed by atoms with van der Waals surface area (Å²) < 4.78 is 47.5. The van der Waals surface area contributed by atoms with Gasteiger partial charge in [0.05, 0.1) is 30.6 Å². The molecule has 0 radical (unpaired) electrons. The molecule has 2 aliphatic rings. The quantitative estimate of drug-likeness (QED) is 0.0614. The highest BCUT2D eigenvalue weighted by Gasteiger charge is 2.61. The Morgan fingerprint density at radius 2 is 1.65 bits per heavy atom. The first-order valence-electron chi connectivity index (χ1n) is 20.8. The molecule has 17 heteroatoms. The molecule has 6 rings (SSSR count). The predicted octanol–water partition coefficient (Wildman–Crippen LogP) is 6.60. The predicted molar refractivity (Wildman–Crippen MR) is 234 cm³/mol. The third kappa shape index (κ3) is 11.3. The van der Waals surface area contributed by atoms with E-state index >= 15 is 0 Å². The lowest BCUT2D eigenvalue weighted by molar-refractivity contribution is -0.137. The number of benzene rings is 3. The van der Waals surface area contributed by atoms with Crippen molar-refractivity contribution in [2.24, 2.45) is 5.92 Å². The highest BCUT2D eigenvalue weighted by atomic mass is 32.2. The number of para-hydroxylation sites is 1. The van der Waals surface area contributed by atoms with Crippen LogP contribution in [-0.2, 0) is 33.9 Å². The van der Waals surface area contributed by atoms with Gasteiger partial charge in [0.1, 0.15) is 39.7 Å². The van der Waals surface area contributed by atoms with Crippen LogP contribution in [0.5, 0.6) is 11.5 Å². The number of sulfonamides is 1. The minimum atomic E-state index is -4.61. The molecule has 0 spiro atoms. The van der Waals surface area contributed by atoms with Crippen molar-refractivity contribution in [1.82, 2.24) is 19.9 Å². The van der Waals surface area contributed by atoms with E-state index in [1.165, 1.54) is 35.2 Å². The molecule has 334 valence electrons. The number of carbonyl (C=O) groups is 5. The van der Waals surface area contributed by atoms with Crippen LogP contribution in [0.15, 0.2) is 96.4 Å². The fourth-order valence-corrected chi connectivity index (χ4v) is 8.73. The lowest BCUT2D eigenvalue weighted by atomic mass is 10.1. The van der Waals surface area contributed by atoms with E-state index in [1.54, 1.807) is 46.1 Å². The van der Waals surface area contributed by atoms with Gasteiger partial charge in [0, 0.05) is 48.3 Å². The molecule has 4 N–H and O–H groups in total. The molecule has 2 heterocycles. The largest absolute Gasteiger partial charge is 0.497 e. The standard InChI is InChI=1S/C46H53N5O11S/c1-6-30-27-46(30,43(56)50-63(58,59)39-19-15-14-18-34(39)48-40(52)20-12-7-8-13-21-41(53)54)49-42(55)37-25-32(28-51(37)44(57)62-45(2,3)4)61-38-26-35(29-16-10-9-11-17-29)47-36-24-31(60-5)22-23-33(36)38/h6,9-11,14-19,22-24,26,30,32,37H,1,7-8,12-13,20-21,25,27-28H2,2-5H3,(H,48,52)(H,49,55)(H,50,56)(H,53,54)/t30?,32-,37+,46?/m1/s1. The summed E-state index contributed by atoms with van der Waals surface area (Å²) in [4.78, 5) is 71.4. The number of aliphatic carboxylic acids is 1. The second kappa shape index (κ2) is 19.3. The summed E-state index contributed by atoms with van der Waals surface area (Å²) in [6, 6.07) is 21.1. The van der Waals surface area contributed by atoms with Gasteiger partial charge in [-0.2, -0.15) is 0 Å². The maximum absolute atomic E-state index is 14.4. The number of aromatic nitrogens is 1. The van der Waals surface area contributed by atoms with Crippen LogP contribution in [0.1, 0.15) is 72.1 Å². The number of nitrogens with one attached hydrogen (secondary N) is 3. The first kappa shape index (κ1) is 46.0. The van der Waals surface area contributed by atoms with Crippen LogP contribution >= 0.6 is 0 Å². The molecule has 4 amide bonds. The van der Waals surface area contributed by atoms with E-state index in [9.17, 15) is 32.4 Å². The fourth-order valence-electron chi connectivity index (χ4n) is 7.53. The monoisotopic (exact) mass is 883 g/mol. The molecule has 1 saturated carbocycles. The Bertz CT molecular complexity index is 2490. The Morgan fingerprint density at radius 1 is 0.952 bits per heavy atom. The van der Waals surface area contributed by atoms with Crippen LogP contribution in [0.4, 0.5) is 10.5 Å². The number of nitrogens with zero attached hydrogens (tertiary/aromatic N) is 2. The van der Waals surface area contributed by atoms with Crippen molar-refractivity contribution in [2.75, 3.05) is 19.0 Å². The Labute approximate surface area is 366 Å². The van der Waals surface area contributed by atoms with Crippen molar-refractivity contribution in [3.05, 3.63) is 91.5 Å². The Morgan fingerprint density at radius 3 is 2.32 bits per heavy atom. The number of carboxylic acid groups (broad SMARTS) is 1. The summed E-state index contributed by atoms with van der Waals surface area (Å²) >= 11 is 0. The number of carbonyl (C=O) groups excluding carboxylic acids is 4. The number of likely N-dealkylation sites (tertiary alicyclic amines) is 1. The molecule has 1 aliphatic heterocycles. The number of fused-ring (bicyclic) bond motifs is 1. The number of hydrogen-bond acceptors (Lipinski definition) is 11. The number of amides is 4. The van der Waals surface area contributed by atoms with E-state index in [4.69, 9.17) is 24.3 Å². The smallest absolute Gasteiger partial charge is 0.411 e. The second-order valence-corrected chi connectivity index (χ2v) is 18.3. The molecule has 1 aromatic heterocycles. The maximum Gasteiger partial charge on any atom is 0.411 e. The van der Waals surface area contributed by atoms with Gasteiger partial charge in [-0.05, 0) is 64.3 Å². The van der Waals surface area contributed by atoms with E-state index in [1.807, 2.05) is 36.4 Å². The molecule has 3 aromatic carbocycles. The zero-order valence-corrected chi connectivity index (χ0v) is 36.5. The first-order valence-corrected chi connectivity index (χ1v) is 22.2.